The van der Waals surface area contributed by atoms with E-state index in [1.54, 1.807) is 34.9 Å². The van der Waals surface area contributed by atoms with Gasteiger partial charge in [0.25, 0.3) is 5.91 Å². The number of hydrogen-bond donors (Lipinski definition) is 0. The van der Waals surface area contributed by atoms with Crippen LogP contribution in [0.4, 0.5) is 0 Å². The molecule has 1 aliphatic rings. The molecule has 1 amide bonds. The van der Waals surface area contributed by atoms with E-state index in [2.05, 4.69) is 0 Å². The van der Waals surface area contributed by atoms with Gasteiger partial charge < -0.3 is 14.1 Å². The van der Waals surface area contributed by atoms with Crippen LogP contribution in [0.3, 0.4) is 0 Å². The number of nitrogens with zero attached hydrogens (tertiary/aromatic N) is 1. The summed E-state index contributed by atoms with van der Waals surface area (Å²) in [4.78, 5) is 29.5. The Bertz CT molecular complexity index is 1120. The van der Waals surface area contributed by atoms with Crippen molar-refractivity contribution in [2.24, 2.45) is 0 Å². The second kappa shape index (κ2) is 8.66. The number of ether oxygens (including phenoxy) is 1. The van der Waals surface area contributed by atoms with Crippen molar-refractivity contribution in [1.29, 1.82) is 0 Å². The van der Waals surface area contributed by atoms with Gasteiger partial charge in [0.2, 0.25) is 5.76 Å². The molecular weight excluding hydrogens is 398 g/mol. The van der Waals surface area contributed by atoms with Gasteiger partial charge in [-0.05, 0) is 56.4 Å². The Balaban J connectivity index is 1.78. The molecule has 0 aliphatic carbocycles. The topological polar surface area (TPSA) is 59.8 Å². The molecule has 0 N–H and O–H groups in total. The molecule has 6 heteroatoms. The normalized spacial score (nSPS) is 15.9. The van der Waals surface area contributed by atoms with E-state index in [1.807, 2.05) is 50.4 Å². The molecule has 0 saturated heterocycles. The predicted octanol–water partition coefficient (Wildman–Crippen LogP) is 4.88. The summed E-state index contributed by atoms with van der Waals surface area (Å²) < 4.78 is 11.6. The summed E-state index contributed by atoms with van der Waals surface area (Å²) in [6.07, 6.45) is 2.84. The maximum Gasteiger partial charge on any atom is 0.290 e. The van der Waals surface area contributed by atoms with E-state index in [0.29, 0.717) is 36.1 Å². The Morgan fingerprint density at radius 3 is 2.53 bits per heavy atom. The quantitative estimate of drug-likeness (QED) is 0.401. The number of benzene rings is 2. The number of fused-ring (bicyclic) bond motifs is 2. The van der Waals surface area contributed by atoms with Crippen LogP contribution < -0.4 is 5.43 Å². The van der Waals surface area contributed by atoms with Gasteiger partial charge in [0.15, 0.2) is 5.43 Å². The summed E-state index contributed by atoms with van der Waals surface area (Å²) in [6, 6.07) is 14.7. The number of amides is 1. The summed E-state index contributed by atoms with van der Waals surface area (Å²) in [7, 11) is 0. The zero-order chi connectivity index (χ0) is 21.3. The van der Waals surface area contributed by atoms with E-state index in [1.165, 1.54) is 0 Å². The van der Waals surface area contributed by atoms with Gasteiger partial charge >= 0.3 is 0 Å². The smallest absolute Gasteiger partial charge is 0.290 e. The molecule has 4 rings (SSSR count). The highest BCUT2D eigenvalue weighted by atomic mass is 32.2. The highest BCUT2D eigenvalue weighted by Gasteiger charge is 2.42. The number of hydrogen-bond acceptors (Lipinski definition) is 5. The Kier molecular flexibility index (Phi) is 5.97. The third kappa shape index (κ3) is 3.77. The van der Waals surface area contributed by atoms with Gasteiger partial charge in [0.1, 0.15) is 5.58 Å². The lowest BCUT2D eigenvalue weighted by Crippen LogP contribution is -2.31. The Labute approximate surface area is 180 Å². The van der Waals surface area contributed by atoms with E-state index in [-0.39, 0.29) is 23.2 Å². The van der Waals surface area contributed by atoms with Gasteiger partial charge in [-0.1, -0.05) is 24.3 Å². The molecule has 2 aromatic carbocycles. The first kappa shape index (κ1) is 20.7. The standard InChI is InChI=1S/C24H25NO4S/c1-15(2)28-14-6-13-25-21(16-9-11-17(30-3)12-10-16)20-22(26)18-7-4-5-8-19(18)29-23(20)24(25)27/h4-5,7-12,15,21H,6,13-14H2,1-3H3/t21-/m0/s1. The number of para-hydroxylation sites is 1. The van der Waals surface area contributed by atoms with Crippen LogP contribution in [0.15, 0.2) is 62.6 Å². The van der Waals surface area contributed by atoms with Gasteiger partial charge in [0.05, 0.1) is 23.1 Å². The first-order valence-electron chi connectivity index (χ1n) is 10.1. The SMILES string of the molecule is CSc1ccc([C@H]2c3c(oc4ccccc4c3=O)C(=O)N2CCCOC(C)C)cc1. The van der Waals surface area contributed by atoms with Gasteiger partial charge in [-0.3, -0.25) is 9.59 Å². The molecular formula is C24H25NO4S. The minimum Gasteiger partial charge on any atom is -0.450 e. The van der Waals surface area contributed by atoms with Gasteiger partial charge in [-0.25, -0.2) is 0 Å². The third-order valence-electron chi connectivity index (χ3n) is 5.30. The molecule has 5 nitrogen and oxygen atoms in total. The fraction of sp³-hybridized carbons (Fsp3) is 0.333. The lowest BCUT2D eigenvalue weighted by molar-refractivity contribution is 0.0593. The van der Waals surface area contributed by atoms with E-state index in [9.17, 15) is 9.59 Å². The van der Waals surface area contributed by atoms with Crippen molar-refractivity contribution in [3.8, 4) is 0 Å². The highest BCUT2D eigenvalue weighted by molar-refractivity contribution is 7.98. The summed E-state index contributed by atoms with van der Waals surface area (Å²) in [5, 5.41) is 0.500. The monoisotopic (exact) mass is 423 g/mol. The molecule has 156 valence electrons. The maximum atomic E-state index is 13.4. The molecule has 0 bridgehead atoms. The van der Waals surface area contributed by atoms with Crippen molar-refractivity contribution in [3.63, 3.8) is 0 Å². The molecule has 1 atom stereocenters. The molecule has 0 fully saturated rings. The largest absolute Gasteiger partial charge is 0.450 e. The molecule has 0 spiro atoms. The van der Waals surface area contributed by atoms with Crippen molar-refractivity contribution < 1.29 is 13.9 Å². The van der Waals surface area contributed by atoms with Gasteiger partial charge in [-0.2, -0.15) is 0 Å². The highest BCUT2D eigenvalue weighted by Crippen LogP contribution is 2.38. The van der Waals surface area contributed by atoms with E-state index < -0.39 is 6.04 Å². The molecule has 2 heterocycles. The average Bonchev–Trinajstić information content (AvgIpc) is 3.03. The summed E-state index contributed by atoms with van der Waals surface area (Å²) in [6.45, 7) is 5.02. The minimum absolute atomic E-state index is 0.139. The van der Waals surface area contributed by atoms with Crippen molar-refractivity contribution in [1.82, 2.24) is 4.90 Å². The molecule has 3 aromatic rings. The molecule has 0 radical (unpaired) electrons. The number of carbonyl (C=O) groups is 1. The van der Waals surface area contributed by atoms with Crippen LogP contribution in [-0.4, -0.2) is 36.3 Å². The summed E-state index contributed by atoms with van der Waals surface area (Å²) in [5.41, 5.74) is 1.64. The van der Waals surface area contributed by atoms with E-state index in [4.69, 9.17) is 9.15 Å². The minimum atomic E-state index is -0.455. The van der Waals surface area contributed by atoms with Crippen LogP contribution in [0.25, 0.3) is 11.0 Å². The fourth-order valence-corrected chi connectivity index (χ4v) is 4.29. The number of carbonyl (C=O) groups excluding carboxylic acids is 1. The second-order valence-electron chi connectivity index (χ2n) is 7.62. The van der Waals surface area contributed by atoms with Gasteiger partial charge in [0, 0.05) is 18.0 Å². The Hall–Kier alpha value is -2.57. The van der Waals surface area contributed by atoms with Crippen LogP contribution in [0.2, 0.25) is 0 Å². The lowest BCUT2D eigenvalue weighted by Gasteiger charge is -2.25. The second-order valence-corrected chi connectivity index (χ2v) is 8.50. The predicted molar refractivity (Wildman–Crippen MR) is 119 cm³/mol. The van der Waals surface area contributed by atoms with Crippen molar-refractivity contribution in [3.05, 3.63) is 75.6 Å². The molecule has 1 aliphatic heterocycles. The average molecular weight is 424 g/mol. The van der Waals surface area contributed by atoms with Crippen LogP contribution in [0.1, 0.15) is 48.0 Å². The number of rotatable bonds is 7. The molecule has 0 saturated carbocycles. The van der Waals surface area contributed by atoms with Crippen LogP contribution in [-0.2, 0) is 4.74 Å². The molecule has 0 unspecified atom stereocenters. The summed E-state index contributed by atoms with van der Waals surface area (Å²) >= 11 is 1.65. The van der Waals surface area contributed by atoms with Crippen LogP contribution >= 0.6 is 11.8 Å². The third-order valence-corrected chi connectivity index (χ3v) is 6.04. The van der Waals surface area contributed by atoms with Crippen molar-refractivity contribution >= 4 is 28.6 Å². The first-order valence-corrected chi connectivity index (χ1v) is 11.4. The van der Waals surface area contributed by atoms with Gasteiger partial charge in [-0.15, -0.1) is 11.8 Å². The van der Waals surface area contributed by atoms with E-state index in [0.717, 1.165) is 10.5 Å². The molecule has 30 heavy (non-hydrogen) atoms. The first-order chi connectivity index (χ1) is 14.5. The fourth-order valence-electron chi connectivity index (χ4n) is 3.88. The Morgan fingerprint density at radius 2 is 1.83 bits per heavy atom. The number of thioether (sulfide) groups is 1. The zero-order valence-corrected chi connectivity index (χ0v) is 18.2. The maximum absolute atomic E-state index is 13.4. The van der Waals surface area contributed by atoms with Crippen LogP contribution in [0.5, 0.6) is 0 Å². The van der Waals surface area contributed by atoms with Crippen molar-refractivity contribution in [2.75, 3.05) is 19.4 Å². The van der Waals surface area contributed by atoms with E-state index >= 15 is 0 Å². The van der Waals surface area contributed by atoms with Crippen LogP contribution in [0, 0.1) is 0 Å². The van der Waals surface area contributed by atoms with Crippen molar-refractivity contribution in [2.45, 2.75) is 37.3 Å². The zero-order valence-electron chi connectivity index (χ0n) is 17.4. The Morgan fingerprint density at radius 1 is 1.10 bits per heavy atom. The molecule has 1 aromatic heterocycles. The summed E-state index contributed by atoms with van der Waals surface area (Å²) in [5.74, 6) is -0.0845. The lowest BCUT2D eigenvalue weighted by atomic mass is 9.98.